The first-order valence-electron chi connectivity index (χ1n) is 25.0. The molecular formula is C56H90O6. The molecule has 0 spiro atoms. The van der Waals surface area contributed by atoms with Crippen molar-refractivity contribution in [3.8, 4) is 0 Å². The molecule has 0 aromatic rings. The molecule has 0 aliphatic carbocycles. The second-order valence-electron chi connectivity index (χ2n) is 16.1. The van der Waals surface area contributed by atoms with Crippen LogP contribution in [0.2, 0.25) is 0 Å². The third-order valence-electron chi connectivity index (χ3n) is 10.2. The van der Waals surface area contributed by atoms with Crippen LogP contribution < -0.4 is 0 Å². The second kappa shape index (κ2) is 49.7. The van der Waals surface area contributed by atoms with Gasteiger partial charge in [0.2, 0.25) is 0 Å². The van der Waals surface area contributed by atoms with E-state index in [1.807, 2.05) is 54.7 Å². The Balaban J connectivity index is 4.52. The van der Waals surface area contributed by atoms with Gasteiger partial charge in [0.1, 0.15) is 13.2 Å². The summed E-state index contributed by atoms with van der Waals surface area (Å²) in [6, 6.07) is 0. The van der Waals surface area contributed by atoms with E-state index in [1.165, 1.54) is 77.0 Å². The Morgan fingerprint density at radius 2 is 0.661 bits per heavy atom. The molecule has 350 valence electrons. The predicted octanol–water partition coefficient (Wildman–Crippen LogP) is 16.4. The Bertz CT molecular complexity index is 1310. The number of unbranched alkanes of at least 4 members (excludes halogenated alkanes) is 20. The largest absolute Gasteiger partial charge is 0.462 e. The maximum absolute atomic E-state index is 12.8. The van der Waals surface area contributed by atoms with Crippen LogP contribution in [0.3, 0.4) is 0 Å². The molecule has 0 saturated carbocycles. The van der Waals surface area contributed by atoms with E-state index < -0.39 is 6.10 Å². The highest BCUT2D eigenvalue weighted by Crippen LogP contribution is 2.13. The van der Waals surface area contributed by atoms with Gasteiger partial charge in [-0.15, -0.1) is 0 Å². The van der Waals surface area contributed by atoms with Gasteiger partial charge in [-0.25, -0.2) is 0 Å². The van der Waals surface area contributed by atoms with Crippen LogP contribution in [0.5, 0.6) is 0 Å². The summed E-state index contributed by atoms with van der Waals surface area (Å²) in [6.45, 7) is 6.26. The molecule has 0 aliphatic heterocycles. The number of carbonyl (C=O) groups is 3. The first-order chi connectivity index (χ1) is 30.5. The second-order valence-corrected chi connectivity index (χ2v) is 16.1. The molecule has 0 fully saturated rings. The molecule has 1 atom stereocenters. The van der Waals surface area contributed by atoms with E-state index in [9.17, 15) is 14.4 Å². The minimum Gasteiger partial charge on any atom is -0.462 e. The number of esters is 3. The third-order valence-corrected chi connectivity index (χ3v) is 10.2. The smallest absolute Gasteiger partial charge is 0.306 e. The van der Waals surface area contributed by atoms with E-state index in [-0.39, 0.29) is 37.5 Å². The van der Waals surface area contributed by atoms with E-state index >= 15 is 0 Å². The van der Waals surface area contributed by atoms with Crippen LogP contribution in [-0.2, 0) is 28.6 Å². The van der Waals surface area contributed by atoms with Crippen LogP contribution in [0.15, 0.2) is 109 Å². The van der Waals surface area contributed by atoms with Crippen molar-refractivity contribution in [2.75, 3.05) is 13.2 Å². The Labute approximate surface area is 380 Å². The monoisotopic (exact) mass is 859 g/mol. The summed E-state index contributed by atoms with van der Waals surface area (Å²) in [5, 5.41) is 0. The molecule has 6 nitrogen and oxygen atoms in total. The Morgan fingerprint density at radius 1 is 0.339 bits per heavy atom. The zero-order valence-corrected chi connectivity index (χ0v) is 39.8. The molecule has 0 rings (SSSR count). The standard InChI is InChI=1S/C56H90O6/c1-4-7-10-13-16-19-22-25-27-29-31-34-37-40-43-46-49-55(58)61-52-53(51-60-54(57)48-45-42-39-36-33-30-24-21-18-15-12-9-6-3)62-56(59)50-47-44-41-38-35-32-28-26-23-20-17-14-11-8-5-2/h8-9,11-12,14-15,17-18,20-21,23-24,27,29-30,33,36,39,53H,4-7,10,13,16,19,22,25-26,28,31-32,34-35,37-38,40-52H2,1-3H3/b11-8-,12-9-,17-14-,18-15-,23-20-,24-21-,29-27-,33-30-,39-36-. The average Bonchev–Trinajstić information content (AvgIpc) is 3.27. The van der Waals surface area contributed by atoms with Gasteiger partial charge in [0.15, 0.2) is 6.10 Å². The Hall–Kier alpha value is -3.93. The molecular weight excluding hydrogens is 769 g/mol. The molecule has 0 bridgehead atoms. The lowest BCUT2D eigenvalue weighted by Gasteiger charge is -2.18. The average molecular weight is 859 g/mol. The van der Waals surface area contributed by atoms with Crippen molar-refractivity contribution in [3.63, 3.8) is 0 Å². The number of hydrogen-bond acceptors (Lipinski definition) is 6. The van der Waals surface area contributed by atoms with E-state index in [0.29, 0.717) is 19.3 Å². The number of hydrogen-bond donors (Lipinski definition) is 0. The molecule has 1 unspecified atom stereocenters. The number of rotatable bonds is 43. The topological polar surface area (TPSA) is 78.9 Å². The van der Waals surface area contributed by atoms with Crippen molar-refractivity contribution < 1.29 is 28.6 Å². The predicted molar refractivity (Wildman–Crippen MR) is 265 cm³/mol. The molecule has 0 heterocycles. The number of ether oxygens (including phenoxy) is 3. The summed E-state index contributed by atoms with van der Waals surface area (Å²) in [5.41, 5.74) is 0. The van der Waals surface area contributed by atoms with Gasteiger partial charge >= 0.3 is 17.9 Å². The molecule has 0 N–H and O–H groups in total. The first kappa shape index (κ1) is 58.1. The summed E-state index contributed by atoms with van der Waals surface area (Å²) in [5.74, 6) is -1.02. The van der Waals surface area contributed by atoms with Crippen LogP contribution >= 0.6 is 0 Å². The zero-order chi connectivity index (χ0) is 45.1. The molecule has 0 amide bonds. The number of carbonyl (C=O) groups excluding carboxylic acids is 3. The SMILES string of the molecule is CC\C=C/C=C\C=C/C=C\C=C/CCCC(=O)OCC(COC(=O)CCCCCCC/C=C\CCCCCCCCC)OC(=O)CCCCCCCCC\C=C/C=C\C=C/CC. The lowest BCUT2D eigenvalue weighted by molar-refractivity contribution is -0.167. The van der Waals surface area contributed by atoms with Crippen LogP contribution in [0.4, 0.5) is 0 Å². The maximum atomic E-state index is 12.8. The van der Waals surface area contributed by atoms with E-state index in [4.69, 9.17) is 14.2 Å². The summed E-state index contributed by atoms with van der Waals surface area (Å²) in [7, 11) is 0. The number of allylic oxidation sites excluding steroid dienone is 18. The minimum atomic E-state index is -0.817. The minimum absolute atomic E-state index is 0.112. The molecule has 6 heteroatoms. The highest BCUT2D eigenvalue weighted by Gasteiger charge is 2.19. The summed E-state index contributed by atoms with van der Waals surface area (Å²) < 4.78 is 16.7. The summed E-state index contributed by atoms with van der Waals surface area (Å²) in [4.78, 5) is 37.9. The fourth-order valence-corrected chi connectivity index (χ4v) is 6.47. The van der Waals surface area contributed by atoms with Crippen LogP contribution in [-0.4, -0.2) is 37.2 Å². The fraction of sp³-hybridized carbons (Fsp3) is 0.625. The van der Waals surface area contributed by atoms with Gasteiger partial charge in [-0.05, 0) is 77.0 Å². The maximum Gasteiger partial charge on any atom is 0.306 e. The molecule has 62 heavy (non-hydrogen) atoms. The van der Waals surface area contributed by atoms with Crippen molar-refractivity contribution in [2.24, 2.45) is 0 Å². The summed E-state index contributed by atoms with van der Waals surface area (Å²) in [6.07, 6.45) is 66.5. The van der Waals surface area contributed by atoms with Crippen LogP contribution in [0.1, 0.15) is 207 Å². The third kappa shape index (κ3) is 47.1. The quantitative estimate of drug-likeness (QED) is 0.0200. The Morgan fingerprint density at radius 3 is 1.10 bits per heavy atom. The van der Waals surface area contributed by atoms with Gasteiger partial charge < -0.3 is 14.2 Å². The van der Waals surface area contributed by atoms with Crippen LogP contribution in [0.25, 0.3) is 0 Å². The van der Waals surface area contributed by atoms with Gasteiger partial charge in [0, 0.05) is 19.3 Å². The molecule has 0 aliphatic rings. The van der Waals surface area contributed by atoms with Gasteiger partial charge in [-0.2, -0.15) is 0 Å². The van der Waals surface area contributed by atoms with E-state index in [1.54, 1.807) is 0 Å². The highest BCUT2D eigenvalue weighted by molar-refractivity contribution is 5.71. The molecule has 0 radical (unpaired) electrons. The van der Waals surface area contributed by atoms with Crippen molar-refractivity contribution in [1.82, 2.24) is 0 Å². The van der Waals surface area contributed by atoms with Crippen LogP contribution in [0, 0.1) is 0 Å². The van der Waals surface area contributed by atoms with Gasteiger partial charge in [-0.1, -0.05) is 220 Å². The zero-order valence-electron chi connectivity index (χ0n) is 39.8. The van der Waals surface area contributed by atoms with E-state index in [0.717, 1.165) is 83.5 Å². The Kier molecular flexibility index (Phi) is 46.6. The lowest BCUT2D eigenvalue weighted by atomic mass is 10.1. The lowest BCUT2D eigenvalue weighted by Crippen LogP contribution is -2.30. The molecule has 0 aromatic heterocycles. The van der Waals surface area contributed by atoms with Gasteiger partial charge in [0.05, 0.1) is 0 Å². The molecule has 0 aromatic carbocycles. The van der Waals surface area contributed by atoms with Crippen molar-refractivity contribution >= 4 is 17.9 Å². The highest BCUT2D eigenvalue weighted by atomic mass is 16.6. The van der Waals surface area contributed by atoms with Crippen molar-refractivity contribution in [2.45, 2.75) is 213 Å². The van der Waals surface area contributed by atoms with Gasteiger partial charge in [-0.3, -0.25) is 14.4 Å². The van der Waals surface area contributed by atoms with Gasteiger partial charge in [0.25, 0.3) is 0 Å². The normalized spacial score (nSPS) is 13.0. The first-order valence-corrected chi connectivity index (χ1v) is 25.0. The van der Waals surface area contributed by atoms with Crippen molar-refractivity contribution in [3.05, 3.63) is 109 Å². The molecule has 0 saturated heterocycles. The van der Waals surface area contributed by atoms with Crippen molar-refractivity contribution in [1.29, 1.82) is 0 Å². The summed E-state index contributed by atoms with van der Waals surface area (Å²) >= 11 is 0. The van der Waals surface area contributed by atoms with E-state index in [2.05, 4.69) is 75.5 Å². The fourth-order valence-electron chi connectivity index (χ4n) is 6.47.